The number of hydrogen-bond donors (Lipinski definition) is 1. The molecule has 3 aromatic rings. The number of amides is 2. The Morgan fingerprint density at radius 2 is 1.66 bits per heavy atom. The average Bonchev–Trinajstić information content (AvgIpc) is 2.81. The van der Waals surface area contributed by atoms with Gasteiger partial charge in [-0.15, -0.1) is 0 Å². The third-order valence-corrected chi connectivity index (χ3v) is 5.47. The van der Waals surface area contributed by atoms with Crippen LogP contribution in [0.25, 0.3) is 0 Å². The SMILES string of the molecule is CNC(=O)[C@@H](Cc1ccccc1)N(Cc1ccccc1C)C(=O)COc1cccc(C)c1. The number of nitrogens with one attached hydrogen (secondary N) is 1. The highest BCUT2D eigenvalue weighted by molar-refractivity contribution is 5.88. The number of ether oxygens (including phenoxy) is 1. The highest BCUT2D eigenvalue weighted by Crippen LogP contribution is 2.18. The lowest BCUT2D eigenvalue weighted by atomic mass is 10.0. The van der Waals surface area contributed by atoms with E-state index < -0.39 is 6.04 Å². The van der Waals surface area contributed by atoms with E-state index >= 15 is 0 Å². The van der Waals surface area contributed by atoms with Crippen LogP contribution in [-0.2, 0) is 22.6 Å². The van der Waals surface area contributed by atoms with Crippen LogP contribution in [0.1, 0.15) is 22.3 Å². The first-order chi connectivity index (χ1) is 15.5. The van der Waals surface area contributed by atoms with Crippen molar-refractivity contribution in [2.45, 2.75) is 32.9 Å². The second-order valence-electron chi connectivity index (χ2n) is 7.87. The summed E-state index contributed by atoms with van der Waals surface area (Å²) in [7, 11) is 1.60. The van der Waals surface area contributed by atoms with Crippen LogP contribution in [0, 0.1) is 13.8 Å². The maximum Gasteiger partial charge on any atom is 0.261 e. The Balaban J connectivity index is 1.88. The van der Waals surface area contributed by atoms with Crippen molar-refractivity contribution < 1.29 is 14.3 Å². The van der Waals surface area contributed by atoms with E-state index in [2.05, 4.69) is 5.32 Å². The van der Waals surface area contributed by atoms with Gasteiger partial charge in [0.25, 0.3) is 5.91 Å². The predicted octanol–water partition coefficient (Wildman–Crippen LogP) is 4.07. The Kier molecular flexibility index (Phi) is 8.03. The zero-order valence-electron chi connectivity index (χ0n) is 18.9. The molecule has 166 valence electrons. The van der Waals surface area contributed by atoms with Crippen LogP contribution >= 0.6 is 0 Å². The third-order valence-electron chi connectivity index (χ3n) is 5.47. The van der Waals surface area contributed by atoms with E-state index in [1.165, 1.54) is 0 Å². The van der Waals surface area contributed by atoms with Gasteiger partial charge in [0.15, 0.2) is 6.61 Å². The zero-order valence-corrected chi connectivity index (χ0v) is 18.9. The Hall–Kier alpha value is -3.60. The lowest BCUT2D eigenvalue weighted by Gasteiger charge is -2.31. The van der Waals surface area contributed by atoms with E-state index in [9.17, 15) is 9.59 Å². The summed E-state index contributed by atoms with van der Waals surface area (Å²) < 4.78 is 5.79. The number of carbonyl (C=O) groups is 2. The van der Waals surface area contributed by atoms with Gasteiger partial charge < -0.3 is 15.0 Å². The van der Waals surface area contributed by atoms with Crippen molar-refractivity contribution in [2.75, 3.05) is 13.7 Å². The smallest absolute Gasteiger partial charge is 0.261 e. The molecule has 0 heterocycles. The van der Waals surface area contributed by atoms with Crippen LogP contribution in [0.15, 0.2) is 78.9 Å². The molecule has 0 spiro atoms. The zero-order chi connectivity index (χ0) is 22.9. The summed E-state index contributed by atoms with van der Waals surface area (Å²) in [4.78, 5) is 27.9. The Labute approximate surface area is 190 Å². The number of likely N-dealkylation sites (N-methyl/N-ethyl adjacent to an activating group) is 1. The van der Waals surface area contributed by atoms with Crippen molar-refractivity contribution in [3.63, 3.8) is 0 Å². The second kappa shape index (κ2) is 11.1. The maximum atomic E-state index is 13.4. The molecule has 5 heteroatoms. The minimum atomic E-state index is -0.657. The summed E-state index contributed by atoms with van der Waals surface area (Å²) in [5.74, 6) is 0.194. The molecule has 0 unspecified atom stereocenters. The van der Waals surface area contributed by atoms with Gasteiger partial charge in [-0.3, -0.25) is 9.59 Å². The van der Waals surface area contributed by atoms with Crippen LogP contribution in [0.2, 0.25) is 0 Å². The van der Waals surface area contributed by atoms with Gasteiger partial charge in [0.2, 0.25) is 5.91 Å². The summed E-state index contributed by atoms with van der Waals surface area (Å²) in [5.41, 5.74) is 4.11. The van der Waals surface area contributed by atoms with Crippen LogP contribution in [0.5, 0.6) is 5.75 Å². The number of carbonyl (C=O) groups excluding carboxylic acids is 2. The summed E-state index contributed by atoms with van der Waals surface area (Å²) >= 11 is 0. The molecule has 0 saturated carbocycles. The van der Waals surface area contributed by atoms with Crippen molar-refractivity contribution in [3.8, 4) is 5.75 Å². The molecule has 32 heavy (non-hydrogen) atoms. The van der Waals surface area contributed by atoms with Gasteiger partial charge in [0.1, 0.15) is 11.8 Å². The highest BCUT2D eigenvalue weighted by Gasteiger charge is 2.30. The molecule has 0 fully saturated rings. The van der Waals surface area contributed by atoms with E-state index in [1.807, 2.05) is 92.7 Å². The fourth-order valence-electron chi connectivity index (χ4n) is 3.62. The standard InChI is InChI=1S/C27H30N2O3/c1-20-10-9-15-24(16-20)32-19-26(30)29(18-23-14-8-7-11-21(23)2)25(27(31)28-3)17-22-12-5-4-6-13-22/h4-16,25H,17-19H2,1-3H3,(H,28,31)/t25-/m1/s1. The highest BCUT2D eigenvalue weighted by atomic mass is 16.5. The molecule has 0 saturated heterocycles. The fraction of sp³-hybridized carbons (Fsp3) is 0.259. The first-order valence-corrected chi connectivity index (χ1v) is 10.8. The molecule has 0 radical (unpaired) electrons. The molecule has 2 amide bonds. The van der Waals surface area contributed by atoms with Crippen molar-refractivity contribution in [2.24, 2.45) is 0 Å². The van der Waals surface area contributed by atoms with Gasteiger partial charge in [0, 0.05) is 20.0 Å². The van der Waals surface area contributed by atoms with Crippen LogP contribution in [0.4, 0.5) is 0 Å². The Bertz CT molecular complexity index is 1050. The quantitative estimate of drug-likeness (QED) is 0.557. The summed E-state index contributed by atoms with van der Waals surface area (Å²) in [5, 5.41) is 2.73. The van der Waals surface area contributed by atoms with Gasteiger partial charge in [-0.05, 0) is 48.2 Å². The normalized spacial score (nSPS) is 11.5. The van der Waals surface area contributed by atoms with Crippen molar-refractivity contribution >= 4 is 11.8 Å². The molecular weight excluding hydrogens is 400 g/mol. The van der Waals surface area contributed by atoms with E-state index in [1.54, 1.807) is 11.9 Å². The number of nitrogens with zero attached hydrogens (tertiary/aromatic N) is 1. The predicted molar refractivity (Wildman–Crippen MR) is 126 cm³/mol. The maximum absolute atomic E-state index is 13.4. The fourth-order valence-corrected chi connectivity index (χ4v) is 3.62. The molecule has 3 rings (SSSR count). The molecule has 0 aliphatic carbocycles. The van der Waals surface area contributed by atoms with E-state index in [0.717, 1.165) is 22.3 Å². The van der Waals surface area contributed by atoms with Crippen molar-refractivity contribution in [1.82, 2.24) is 10.2 Å². The molecule has 1 atom stereocenters. The molecule has 0 bridgehead atoms. The molecule has 5 nitrogen and oxygen atoms in total. The van der Waals surface area contributed by atoms with Crippen LogP contribution in [0.3, 0.4) is 0 Å². The minimum Gasteiger partial charge on any atom is -0.484 e. The molecule has 0 aliphatic heterocycles. The largest absolute Gasteiger partial charge is 0.484 e. The second-order valence-corrected chi connectivity index (χ2v) is 7.87. The van der Waals surface area contributed by atoms with Gasteiger partial charge in [-0.2, -0.15) is 0 Å². The molecular formula is C27H30N2O3. The molecule has 1 N–H and O–H groups in total. The lowest BCUT2D eigenvalue weighted by Crippen LogP contribution is -2.51. The summed E-state index contributed by atoms with van der Waals surface area (Å²) in [6.07, 6.45) is 0.419. The van der Waals surface area contributed by atoms with Gasteiger partial charge in [-0.1, -0.05) is 66.7 Å². The van der Waals surface area contributed by atoms with Gasteiger partial charge in [0.05, 0.1) is 0 Å². The van der Waals surface area contributed by atoms with Crippen LogP contribution in [-0.4, -0.2) is 36.4 Å². The molecule has 3 aromatic carbocycles. The first-order valence-electron chi connectivity index (χ1n) is 10.8. The van der Waals surface area contributed by atoms with Gasteiger partial charge >= 0.3 is 0 Å². The Morgan fingerprint density at radius 1 is 0.938 bits per heavy atom. The van der Waals surface area contributed by atoms with Crippen LogP contribution < -0.4 is 10.1 Å². The Morgan fingerprint density at radius 3 is 2.34 bits per heavy atom. The average molecular weight is 431 g/mol. The van der Waals surface area contributed by atoms with Crippen molar-refractivity contribution in [1.29, 1.82) is 0 Å². The monoisotopic (exact) mass is 430 g/mol. The van der Waals surface area contributed by atoms with E-state index in [4.69, 9.17) is 4.74 Å². The third kappa shape index (κ3) is 6.20. The number of rotatable bonds is 9. The summed E-state index contributed by atoms with van der Waals surface area (Å²) in [6.45, 7) is 4.17. The number of benzene rings is 3. The lowest BCUT2D eigenvalue weighted by molar-refractivity contribution is -0.142. The van der Waals surface area contributed by atoms with E-state index in [0.29, 0.717) is 18.7 Å². The topological polar surface area (TPSA) is 58.6 Å². The number of aryl methyl sites for hydroxylation is 2. The van der Waals surface area contributed by atoms with Gasteiger partial charge in [-0.25, -0.2) is 0 Å². The first kappa shape index (κ1) is 23.1. The van der Waals surface area contributed by atoms with E-state index in [-0.39, 0.29) is 18.4 Å². The molecule has 0 aromatic heterocycles. The molecule has 0 aliphatic rings. The minimum absolute atomic E-state index is 0.141. The van der Waals surface area contributed by atoms with Crippen molar-refractivity contribution in [3.05, 3.63) is 101 Å². The number of hydrogen-bond acceptors (Lipinski definition) is 3. The summed E-state index contributed by atoms with van der Waals surface area (Å²) in [6, 6.07) is 24.6.